The minimum Gasteiger partial charge on any atom is -0.481 e. The Balaban J connectivity index is 1.85. The van der Waals surface area contributed by atoms with E-state index in [0.717, 1.165) is 25.1 Å². The number of unbranched alkanes of at least 4 members (excludes halogenated alkanes) is 1. The van der Waals surface area contributed by atoms with E-state index in [1.807, 2.05) is 0 Å². The number of aliphatic carboxylic acids is 1. The van der Waals surface area contributed by atoms with Gasteiger partial charge in [0.2, 0.25) is 5.91 Å². The third-order valence-corrected chi connectivity index (χ3v) is 3.35. The van der Waals surface area contributed by atoms with E-state index in [4.69, 9.17) is 5.11 Å². The van der Waals surface area contributed by atoms with E-state index in [2.05, 4.69) is 10.3 Å². The number of carboxylic acids is 1. The van der Waals surface area contributed by atoms with Gasteiger partial charge in [0.25, 0.3) is 0 Å². The topological polar surface area (TPSA) is 88.3 Å². The van der Waals surface area contributed by atoms with Crippen LogP contribution in [0, 0.1) is 0 Å². The summed E-state index contributed by atoms with van der Waals surface area (Å²) in [5.74, 6) is -0.703. The number of carboxylic acid groups (broad SMARTS) is 1. The first-order valence-electron chi connectivity index (χ1n) is 6.45. The molecule has 7 nitrogen and oxygen atoms in total. The number of amides is 1. The minimum absolute atomic E-state index is 0.0716. The normalized spacial score (nSPS) is 19.1. The highest BCUT2D eigenvalue weighted by atomic mass is 16.4. The van der Waals surface area contributed by atoms with Crippen LogP contribution in [0.3, 0.4) is 0 Å². The van der Waals surface area contributed by atoms with Gasteiger partial charge in [-0.3, -0.25) is 9.59 Å². The lowest BCUT2D eigenvalue weighted by Gasteiger charge is -2.09. The van der Waals surface area contributed by atoms with Crippen molar-refractivity contribution in [2.45, 2.75) is 38.1 Å². The molecule has 1 N–H and O–H groups in total. The Labute approximate surface area is 111 Å². The summed E-state index contributed by atoms with van der Waals surface area (Å²) in [4.78, 5) is 23.9. The summed E-state index contributed by atoms with van der Waals surface area (Å²) in [7, 11) is 1.78. The predicted octanol–water partition coefficient (Wildman–Crippen LogP) is 0.479. The zero-order valence-electron chi connectivity index (χ0n) is 10.9. The fourth-order valence-corrected chi connectivity index (χ4v) is 2.21. The van der Waals surface area contributed by atoms with Gasteiger partial charge in [-0.1, -0.05) is 5.21 Å². The fourth-order valence-electron chi connectivity index (χ4n) is 2.21. The predicted molar refractivity (Wildman–Crippen MR) is 66.5 cm³/mol. The van der Waals surface area contributed by atoms with Crippen LogP contribution in [-0.4, -0.2) is 50.5 Å². The highest BCUT2D eigenvalue weighted by Gasteiger charge is 2.31. The van der Waals surface area contributed by atoms with E-state index in [-0.39, 0.29) is 18.4 Å². The van der Waals surface area contributed by atoms with Gasteiger partial charge < -0.3 is 10.0 Å². The average Bonchev–Trinajstić information content (AvgIpc) is 2.94. The Morgan fingerprint density at radius 1 is 1.53 bits per heavy atom. The summed E-state index contributed by atoms with van der Waals surface area (Å²) in [5.41, 5.74) is 0.813. The molecule has 7 heteroatoms. The molecule has 1 amide bonds. The number of aromatic nitrogens is 3. The van der Waals surface area contributed by atoms with Crippen LogP contribution in [0.4, 0.5) is 0 Å². The van der Waals surface area contributed by atoms with Crippen molar-refractivity contribution in [1.82, 2.24) is 19.9 Å². The minimum atomic E-state index is -0.775. The van der Waals surface area contributed by atoms with Crippen molar-refractivity contribution < 1.29 is 14.7 Å². The molecule has 1 fully saturated rings. The number of likely N-dealkylation sites (N-methyl/N-ethyl adjacent to an activating group) is 1. The molecule has 0 aromatic carbocycles. The molecule has 0 bridgehead atoms. The quantitative estimate of drug-likeness (QED) is 0.756. The molecule has 2 heterocycles. The molecule has 1 aromatic heterocycles. The molecule has 0 spiro atoms. The Kier molecular flexibility index (Phi) is 4.13. The van der Waals surface area contributed by atoms with Crippen molar-refractivity contribution in [2.75, 3.05) is 13.6 Å². The SMILES string of the molecule is CN1CCC(n2cc(CCCCC(=O)O)nn2)C1=O. The van der Waals surface area contributed by atoms with Crippen LogP contribution in [0.15, 0.2) is 6.20 Å². The Morgan fingerprint density at radius 2 is 2.32 bits per heavy atom. The van der Waals surface area contributed by atoms with E-state index < -0.39 is 5.97 Å². The summed E-state index contributed by atoms with van der Waals surface area (Å²) in [6.07, 6.45) is 4.83. The van der Waals surface area contributed by atoms with Crippen LogP contribution in [0.2, 0.25) is 0 Å². The molecule has 0 aliphatic carbocycles. The van der Waals surface area contributed by atoms with Gasteiger partial charge in [0.05, 0.1) is 5.69 Å². The number of rotatable bonds is 6. The van der Waals surface area contributed by atoms with Crippen molar-refractivity contribution in [1.29, 1.82) is 0 Å². The molecular weight excluding hydrogens is 248 g/mol. The second-order valence-electron chi connectivity index (χ2n) is 4.86. The van der Waals surface area contributed by atoms with E-state index in [1.165, 1.54) is 0 Å². The van der Waals surface area contributed by atoms with Crippen LogP contribution in [-0.2, 0) is 16.0 Å². The second kappa shape index (κ2) is 5.81. The third-order valence-electron chi connectivity index (χ3n) is 3.35. The molecule has 1 aliphatic heterocycles. The molecule has 1 unspecified atom stereocenters. The van der Waals surface area contributed by atoms with Crippen LogP contribution in [0.5, 0.6) is 0 Å². The number of hydrogen-bond donors (Lipinski definition) is 1. The third kappa shape index (κ3) is 3.30. The zero-order valence-corrected chi connectivity index (χ0v) is 10.9. The maximum Gasteiger partial charge on any atom is 0.303 e. The standard InChI is InChI=1S/C12H18N4O3/c1-15-7-6-10(12(15)19)16-8-9(13-14-16)4-2-3-5-11(17)18/h8,10H,2-7H2,1H3,(H,17,18). The van der Waals surface area contributed by atoms with E-state index in [9.17, 15) is 9.59 Å². The maximum atomic E-state index is 11.8. The molecule has 19 heavy (non-hydrogen) atoms. The van der Waals surface area contributed by atoms with Crippen LogP contribution in [0.1, 0.15) is 37.4 Å². The lowest BCUT2D eigenvalue weighted by Crippen LogP contribution is -2.24. The van der Waals surface area contributed by atoms with Crippen molar-refractivity contribution in [3.63, 3.8) is 0 Å². The Hall–Kier alpha value is -1.92. The average molecular weight is 266 g/mol. The molecule has 0 radical (unpaired) electrons. The molecule has 0 saturated carbocycles. The molecule has 104 valence electrons. The van der Waals surface area contributed by atoms with Gasteiger partial charge in [0.1, 0.15) is 6.04 Å². The van der Waals surface area contributed by atoms with Crippen LogP contribution < -0.4 is 0 Å². The molecule has 1 atom stereocenters. The van der Waals surface area contributed by atoms with Gasteiger partial charge in [0.15, 0.2) is 0 Å². The van der Waals surface area contributed by atoms with E-state index in [0.29, 0.717) is 12.8 Å². The molecule has 2 rings (SSSR count). The number of carbonyl (C=O) groups excluding carboxylic acids is 1. The van der Waals surface area contributed by atoms with Gasteiger partial charge in [-0.2, -0.15) is 0 Å². The lowest BCUT2D eigenvalue weighted by atomic mass is 10.1. The van der Waals surface area contributed by atoms with Crippen molar-refractivity contribution >= 4 is 11.9 Å². The second-order valence-corrected chi connectivity index (χ2v) is 4.86. The smallest absolute Gasteiger partial charge is 0.303 e. The van der Waals surface area contributed by atoms with Gasteiger partial charge in [-0.05, 0) is 25.7 Å². The van der Waals surface area contributed by atoms with Crippen molar-refractivity contribution in [3.05, 3.63) is 11.9 Å². The van der Waals surface area contributed by atoms with Crippen LogP contribution >= 0.6 is 0 Å². The van der Waals surface area contributed by atoms with Crippen molar-refractivity contribution in [3.8, 4) is 0 Å². The summed E-state index contributed by atoms with van der Waals surface area (Å²) in [5, 5.41) is 16.6. The van der Waals surface area contributed by atoms with E-state index in [1.54, 1.807) is 22.8 Å². The maximum absolute atomic E-state index is 11.8. The summed E-state index contributed by atoms with van der Waals surface area (Å²) in [6.45, 7) is 0.747. The van der Waals surface area contributed by atoms with Gasteiger partial charge in [0, 0.05) is 26.2 Å². The first-order valence-corrected chi connectivity index (χ1v) is 6.45. The number of hydrogen-bond acceptors (Lipinski definition) is 4. The lowest BCUT2D eigenvalue weighted by molar-refractivity contribution is -0.137. The molecule has 1 aliphatic rings. The number of likely N-dealkylation sites (tertiary alicyclic amines) is 1. The first kappa shape index (κ1) is 13.5. The van der Waals surface area contributed by atoms with Gasteiger partial charge in [-0.25, -0.2) is 4.68 Å². The highest BCUT2D eigenvalue weighted by Crippen LogP contribution is 2.21. The van der Waals surface area contributed by atoms with Crippen molar-refractivity contribution in [2.24, 2.45) is 0 Å². The largest absolute Gasteiger partial charge is 0.481 e. The zero-order chi connectivity index (χ0) is 13.8. The Bertz CT molecular complexity index is 471. The Morgan fingerprint density at radius 3 is 2.95 bits per heavy atom. The van der Waals surface area contributed by atoms with Gasteiger partial charge >= 0.3 is 5.97 Å². The summed E-state index contributed by atoms with van der Waals surface area (Å²) in [6, 6.07) is -0.231. The number of aryl methyl sites for hydroxylation is 1. The summed E-state index contributed by atoms with van der Waals surface area (Å²) < 4.78 is 1.62. The number of nitrogens with zero attached hydrogens (tertiary/aromatic N) is 4. The fraction of sp³-hybridized carbons (Fsp3) is 0.667. The first-order chi connectivity index (χ1) is 9.08. The summed E-state index contributed by atoms with van der Waals surface area (Å²) >= 11 is 0. The van der Waals surface area contributed by atoms with Crippen LogP contribution in [0.25, 0.3) is 0 Å². The molecular formula is C12H18N4O3. The highest BCUT2D eigenvalue weighted by molar-refractivity contribution is 5.82. The van der Waals surface area contributed by atoms with E-state index >= 15 is 0 Å². The molecule has 1 aromatic rings. The monoisotopic (exact) mass is 266 g/mol. The molecule has 1 saturated heterocycles. The van der Waals surface area contributed by atoms with Gasteiger partial charge in [-0.15, -0.1) is 5.10 Å². The number of carbonyl (C=O) groups is 2.